The number of amides is 1. The first kappa shape index (κ1) is 18.8. The van der Waals surface area contributed by atoms with Crippen molar-refractivity contribution in [3.8, 4) is 17.0 Å². The number of rotatable bonds is 6. The topological polar surface area (TPSA) is 77.0 Å². The Morgan fingerprint density at radius 2 is 2.07 bits per heavy atom. The van der Waals surface area contributed by atoms with Gasteiger partial charge in [0.05, 0.1) is 17.0 Å². The molecule has 0 aliphatic heterocycles. The van der Waals surface area contributed by atoms with E-state index in [0.717, 1.165) is 0 Å². The lowest BCUT2D eigenvalue weighted by atomic mass is 10.1. The number of ether oxygens (including phenoxy) is 1. The third-order valence-electron chi connectivity index (χ3n) is 3.67. The summed E-state index contributed by atoms with van der Waals surface area (Å²) >= 11 is 1.18. The minimum absolute atomic E-state index is 0.0240. The predicted octanol–water partition coefficient (Wildman–Crippen LogP) is 4.32. The maximum atomic E-state index is 12.6. The van der Waals surface area contributed by atoms with Crippen LogP contribution in [0.5, 0.6) is 5.75 Å². The molecule has 0 fully saturated rings. The summed E-state index contributed by atoms with van der Waals surface area (Å²) < 4.78 is 29.7. The summed E-state index contributed by atoms with van der Waals surface area (Å²) in [6, 6.07) is 6.36. The number of aryl methyl sites for hydroxylation is 2. The molecular weight excluding hydrogens is 374 g/mol. The highest BCUT2D eigenvalue weighted by molar-refractivity contribution is 7.14. The SMILES string of the molecule is CCc1nc(C)ncc1C(=O)Nc1nc(-c2ccccc2OC(F)F)cs1. The number of para-hydroxylation sites is 1. The van der Waals surface area contributed by atoms with Crippen LogP contribution >= 0.6 is 11.3 Å². The van der Waals surface area contributed by atoms with Crippen molar-refractivity contribution in [2.24, 2.45) is 0 Å². The van der Waals surface area contributed by atoms with Crippen molar-refractivity contribution in [1.29, 1.82) is 0 Å². The molecule has 140 valence electrons. The molecule has 0 bridgehead atoms. The molecule has 3 aromatic rings. The minimum Gasteiger partial charge on any atom is -0.434 e. The van der Waals surface area contributed by atoms with Crippen LogP contribution in [0.15, 0.2) is 35.8 Å². The smallest absolute Gasteiger partial charge is 0.387 e. The molecule has 0 spiro atoms. The molecule has 0 saturated heterocycles. The number of aromatic nitrogens is 3. The second kappa shape index (κ2) is 8.17. The van der Waals surface area contributed by atoms with E-state index in [0.29, 0.717) is 39.9 Å². The Labute approximate surface area is 158 Å². The lowest BCUT2D eigenvalue weighted by molar-refractivity contribution is -0.0494. The second-order valence-corrected chi connectivity index (χ2v) is 6.36. The van der Waals surface area contributed by atoms with Gasteiger partial charge >= 0.3 is 6.61 Å². The predicted molar refractivity (Wildman–Crippen MR) is 98.3 cm³/mol. The summed E-state index contributed by atoms with van der Waals surface area (Å²) in [6.07, 6.45) is 2.07. The van der Waals surface area contributed by atoms with E-state index < -0.39 is 6.61 Å². The fourth-order valence-corrected chi connectivity index (χ4v) is 3.18. The molecule has 0 atom stereocenters. The molecule has 0 saturated carbocycles. The van der Waals surface area contributed by atoms with E-state index in [1.807, 2.05) is 6.92 Å². The van der Waals surface area contributed by atoms with Gasteiger partial charge in [-0.3, -0.25) is 10.1 Å². The standard InChI is InChI=1S/C18H16F2N4O2S/c1-3-13-12(8-21-10(2)22-13)16(25)24-18-23-14(9-27-18)11-6-4-5-7-15(11)26-17(19)20/h4-9,17H,3H2,1-2H3,(H,23,24,25). The van der Waals surface area contributed by atoms with E-state index in [1.165, 1.54) is 23.6 Å². The summed E-state index contributed by atoms with van der Waals surface area (Å²) in [5, 5.41) is 4.70. The first-order chi connectivity index (χ1) is 13.0. The van der Waals surface area contributed by atoms with Gasteiger partial charge in [0.25, 0.3) is 5.91 Å². The highest BCUT2D eigenvalue weighted by Crippen LogP contribution is 2.33. The van der Waals surface area contributed by atoms with Gasteiger partial charge in [-0.25, -0.2) is 15.0 Å². The first-order valence-electron chi connectivity index (χ1n) is 8.11. The van der Waals surface area contributed by atoms with E-state index in [9.17, 15) is 13.6 Å². The fourth-order valence-electron chi connectivity index (χ4n) is 2.47. The summed E-state index contributed by atoms with van der Waals surface area (Å²) in [5.41, 5.74) is 1.87. The van der Waals surface area contributed by atoms with Crippen LogP contribution in [0.1, 0.15) is 28.8 Å². The quantitative estimate of drug-likeness (QED) is 0.678. The third-order valence-corrected chi connectivity index (χ3v) is 4.43. The van der Waals surface area contributed by atoms with Crippen molar-refractivity contribution in [3.63, 3.8) is 0 Å². The Kier molecular flexibility index (Phi) is 5.70. The van der Waals surface area contributed by atoms with Crippen LogP contribution in [0.3, 0.4) is 0 Å². The van der Waals surface area contributed by atoms with Crippen LogP contribution in [-0.2, 0) is 6.42 Å². The van der Waals surface area contributed by atoms with Crippen LogP contribution in [0.4, 0.5) is 13.9 Å². The summed E-state index contributed by atoms with van der Waals surface area (Å²) in [7, 11) is 0. The molecule has 2 heterocycles. The van der Waals surface area contributed by atoms with Crippen LogP contribution in [-0.4, -0.2) is 27.5 Å². The number of carbonyl (C=O) groups is 1. The van der Waals surface area contributed by atoms with Gasteiger partial charge in [-0.15, -0.1) is 11.3 Å². The number of carbonyl (C=O) groups excluding carboxylic acids is 1. The van der Waals surface area contributed by atoms with Gasteiger partial charge in [-0.1, -0.05) is 19.1 Å². The van der Waals surface area contributed by atoms with E-state index in [1.54, 1.807) is 30.5 Å². The molecule has 1 N–H and O–H groups in total. The number of halogens is 2. The van der Waals surface area contributed by atoms with Crippen LogP contribution in [0, 0.1) is 6.92 Å². The largest absolute Gasteiger partial charge is 0.434 e. The van der Waals surface area contributed by atoms with Crippen molar-refractivity contribution in [3.05, 3.63) is 52.9 Å². The van der Waals surface area contributed by atoms with Gasteiger partial charge in [0, 0.05) is 17.1 Å². The summed E-state index contributed by atoms with van der Waals surface area (Å²) in [5.74, 6) is 0.247. The van der Waals surface area contributed by atoms with E-state index in [4.69, 9.17) is 0 Å². The zero-order valence-corrected chi connectivity index (χ0v) is 15.4. The fraction of sp³-hybridized carbons (Fsp3) is 0.222. The number of benzene rings is 1. The van der Waals surface area contributed by atoms with Crippen LogP contribution in [0.2, 0.25) is 0 Å². The van der Waals surface area contributed by atoms with Gasteiger partial charge < -0.3 is 4.74 Å². The molecule has 6 nitrogen and oxygen atoms in total. The third kappa shape index (κ3) is 4.43. The Morgan fingerprint density at radius 3 is 2.81 bits per heavy atom. The Bertz CT molecular complexity index is 962. The van der Waals surface area contributed by atoms with Crippen molar-refractivity contribution >= 4 is 22.4 Å². The number of nitrogens with one attached hydrogen (secondary N) is 1. The zero-order valence-electron chi connectivity index (χ0n) is 14.6. The van der Waals surface area contributed by atoms with E-state index >= 15 is 0 Å². The van der Waals surface area contributed by atoms with E-state index in [2.05, 4.69) is 25.0 Å². The lowest BCUT2D eigenvalue weighted by Gasteiger charge is -2.08. The first-order valence-corrected chi connectivity index (χ1v) is 8.99. The highest BCUT2D eigenvalue weighted by atomic mass is 32.1. The Hall–Kier alpha value is -2.94. The van der Waals surface area contributed by atoms with Crippen LogP contribution < -0.4 is 10.1 Å². The number of hydrogen-bond donors (Lipinski definition) is 1. The Morgan fingerprint density at radius 1 is 1.30 bits per heavy atom. The Balaban J connectivity index is 1.82. The normalized spacial score (nSPS) is 10.9. The van der Waals surface area contributed by atoms with Gasteiger partial charge in [0.2, 0.25) is 0 Å². The zero-order chi connectivity index (χ0) is 19.4. The molecular formula is C18H16F2N4O2S. The minimum atomic E-state index is -2.93. The van der Waals surface area contributed by atoms with Gasteiger partial charge in [-0.05, 0) is 25.5 Å². The maximum absolute atomic E-state index is 12.6. The molecule has 0 aliphatic carbocycles. The summed E-state index contributed by atoms with van der Waals surface area (Å²) in [4.78, 5) is 25.2. The number of anilines is 1. The highest BCUT2D eigenvalue weighted by Gasteiger charge is 2.17. The molecule has 1 amide bonds. The number of thiazole rings is 1. The van der Waals surface area contributed by atoms with E-state index in [-0.39, 0.29) is 11.7 Å². The van der Waals surface area contributed by atoms with Gasteiger partial charge in [0.1, 0.15) is 11.6 Å². The molecule has 1 aromatic carbocycles. The van der Waals surface area contributed by atoms with Crippen molar-refractivity contribution in [2.45, 2.75) is 26.9 Å². The molecule has 27 heavy (non-hydrogen) atoms. The maximum Gasteiger partial charge on any atom is 0.387 e. The number of hydrogen-bond acceptors (Lipinski definition) is 6. The monoisotopic (exact) mass is 390 g/mol. The molecule has 0 unspecified atom stereocenters. The molecule has 0 radical (unpaired) electrons. The molecule has 0 aliphatic rings. The molecule has 3 rings (SSSR count). The number of alkyl halides is 2. The average molecular weight is 390 g/mol. The van der Waals surface area contributed by atoms with Crippen LogP contribution in [0.25, 0.3) is 11.3 Å². The second-order valence-electron chi connectivity index (χ2n) is 5.50. The average Bonchev–Trinajstić information content (AvgIpc) is 3.09. The summed E-state index contributed by atoms with van der Waals surface area (Å²) in [6.45, 7) is 0.727. The van der Waals surface area contributed by atoms with Gasteiger partial charge in [-0.2, -0.15) is 8.78 Å². The number of nitrogens with zero attached hydrogens (tertiary/aromatic N) is 3. The van der Waals surface area contributed by atoms with Gasteiger partial charge in [0.15, 0.2) is 5.13 Å². The lowest BCUT2D eigenvalue weighted by Crippen LogP contribution is -2.16. The van der Waals surface area contributed by atoms with Crippen molar-refractivity contribution < 1.29 is 18.3 Å². The van der Waals surface area contributed by atoms with Crippen molar-refractivity contribution in [2.75, 3.05) is 5.32 Å². The molecule has 2 aromatic heterocycles. The van der Waals surface area contributed by atoms with Crippen molar-refractivity contribution in [1.82, 2.24) is 15.0 Å². The molecule has 9 heteroatoms.